The van der Waals surface area contributed by atoms with Crippen LogP contribution in [0.25, 0.3) is 0 Å². The molecule has 2 fully saturated rings. The predicted octanol–water partition coefficient (Wildman–Crippen LogP) is 2.61. The molecule has 104 valence electrons. The number of rotatable bonds is 3. The summed E-state index contributed by atoms with van der Waals surface area (Å²) in [6, 6.07) is 8.60. The lowest BCUT2D eigenvalue weighted by Gasteiger charge is -2.37. The predicted molar refractivity (Wildman–Crippen MR) is 81.7 cm³/mol. The van der Waals surface area contributed by atoms with Crippen LogP contribution < -0.4 is 4.90 Å². The van der Waals surface area contributed by atoms with Crippen LogP contribution in [0.4, 0.5) is 5.69 Å². The average molecular weight is 325 g/mol. The van der Waals surface area contributed by atoms with E-state index in [1.807, 2.05) is 0 Å². The molecule has 2 aliphatic rings. The van der Waals surface area contributed by atoms with Crippen LogP contribution in [0.1, 0.15) is 6.42 Å². The van der Waals surface area contributed by atoms with Gasteiger partial charge in [0.2, 0.25) is 0 Å². The SMILES string of the molecule is Brc1cccc(N2CCN(CC3CCOC3)CC2)c1. The average Bonchev–Trinajstić information content (AvgIpc) is 2.92. The Bertz CT molecular complexity index is 412. The number of nitrogens with zero attached hydrogens (tertiary/aromatic N) is 2. The summed E-state index contributed by atoms with van der Waals surface area (Å²) in [6.45, 7) is 7.74. The summed E-state index contributed by atoms with van der Waals surface area (Å²) in [5.41, 5.74) is 1.33. The number of benzene rings is 1. The van der Waals surface area contributed by atoms with E-state index >= 15 is 0 Å². The highest BCUT2D eigenvalue weighted by atomic mass is 79.9. The molecular weight excluding hydrogens is 304 g/mol. The van der Waals surface area contributed by atoms with Gasteiger partial charge in [0.15, 0.2) is 0 Å². The second-order valence-electron chi connectivity index (χ2n) is 5.50. The van der Waals surface area contributed by atoms with E-state index in [4.69, 9.17) is 4.74 Å². The van der Waals surface area contributed by atoms with Crippen LogP contribution in [0.15, 0.2) is 28.7 Å². The van der Waals surface area contributed by atoms with E-state index in [0.29, 0.717) is 0 Å². The second kappa shape index (κ2) is 6.25. The molecule has 0 saturated carbocycles. The van der Waals surface area contributed by atoms with Crippen LogP contribution >= 0.6 is 15.9 Å². The number of hydrogen-bond donors (Lipinski definition) is 0. The molecule has 0 radical (unpaired) electrons. The van der Waals surface area contributed by atoms with Crippen LogP contribution in [0, 0.1) is 5.92 Å². The molecule has 2 saturated heterocycles. The minimum atomic E-state index is 0.761. The van der Waals surface area contributed by atoms with Gasteiger partial charge in [0, 0.05) is 49.5 Å². The molecule has 2 heterocycles. The van der Waals surface area contributed by atoms with Gasteiger partial charge in [-0.2, -0.15) is 0 Å². The van der Waals surface area contributed by atoms with E-state index in [1.54, 1.807) is 0 Å². The van der Waals surface area contributed by atoms with Gasteiger partial charge in [-0.25, -0.2) is 0 Å². The van der Waals surface area contributed by atoms with Gasteiger partial charge < -0.3 is 9.64 Å². The van der Waals surface area contributed by atoms with Crippen molar-refractivity contribution in [2.45, 2.75) is 6.42 Å². The molecule has 4 heteroatoms. The highest BCUT2D eigenvalue weighted by Gasteiger charge is 2.22. The van der Waals surface area contributed by atoms with Gasteiger partial charge in [-0.1, -0.05) is 22.0 Å². The van der Waals surface area contributed by atoms with Crippen molar-refractivity contribution in [3.8, 4) is 0 Å². The smallest absolute Gasteiger partial charge is 0.0507 e. The van der Waals surface area contributed by atoms with Crippen LogP contribution in [0.3, 0.4) is 0 Å². The molecule has 2 aliphatic heterocycles. The summed E-state index contributed by atoms with van der Waals surface area (Å²) in [6.07, 6.45) is 1.24. The Morgan fingerprint density at radius 3 is 2.74 bits per heavy atom. The van der Waals surface area contributed by atoms with Crippen molar-refractivity contribution in [1.82, 2.24) is 4.90 Å². The van der Waals surface area contributed by atoms with Crippen molar-refractivity contribution >= 4 is 21.6 Å². The highest BCUT2D eigenvalue weighted by molar-refractivity contribution is 9.10. The van der Waals surface area contributed by atoms with E-state index in [0.717, 1.165) is 36.7 Å². The molecule has 0 aromatic heterocycles. The summed E-state index contributed by atoms with van der Waals surface area (Å²) in [5, 5.41) is 0. The summed E-state index contributed by atoms with van der Waals surface area (Å²) >= 11 is 3.55. The number of halogens is 1. The van der Waals surface area contributed by atoms with Gasteiger partial charge in [-0.05, 0) is 30.5 Å². The molecule has 19 heavy (non-hydrogen) atoms. The molecule has 1 atom stereocenters. The highest BCUT2D eigenvalue weighted by Crippen LogP contribution is 2.22. The third kappa shape index (κ3) is 3.50. The van der Waals surface area contributed by atoms with Gasteiger partial charge in [-0.3, -0.25) is 4.90 Å². The molecular formula is C15H21BrN2O. The lowest BCUT2D eigenvalue weighted by molar-refractivity contribution is 0.164. The maximum atomic E-state index is 5.46. The molecule has 3 nitrogen and oxygen atoms in total. The van der Waals surface area contributed by atoms with Gasteiger partial charge in [-0.15, -0.1) is 0 Å². The number of piperazine rings is 1. The van der Waals surface area contributed by atoms with Crippen molar-refractivity contribution in [1.29, 1.82) is 0 Å². The Morgan fingerprint density at radius 1 is 1.21 bits per heavy atom. The van der Waals surface area contributed by atoms with Crippen LogP contribution in [0.2, 0.25) is 0 Å². The number of ether oxygens (including phenoxy) is 1. The zero-order chi connectivity index (χ0) is 13.1. The molecule has 0 bridgehead atoms. The first-order valence-corrected chi connectivity index (χ1v) is 7.91. The Labute approximate surface area is 123 Å². The maximum Gasteiger partial charge on any atom is 0.0507 e. The first-order valence-electron chi connectivity index (χ1n) is 7.12. The standard InChI is InChI=1S/C15H21BrN2O/c16-14-2-1-3-15(10-14)18-7-5-17(6-8-18)11-13-4-9-19-12-13/h1-3,10,13H,4-9,11-12H2. The van der Waals surface area contributed by atoms with E-state index < -0.39 is 0 Å². The summed E-state index contributed by atoms with van der Waals surface area (Å²) in [7, 11) is 0. The Hall–Kier alpha value is -0.580. The fourth-order valence-corrected chi connectivity index (χ4v) is 3.34. The van der Waals surface area contributed by atoms with Gasteiger partial charge in [0.25, 0.3) is 0 Å². The van der Waals surface area contributed by atoms with Gasteiger partial charge >= 0.3 is 0 Å². The zero-order valence-electron chi connectivity index (χ0n) is 11.2. The second-order valence-corrected chi connectivity index (χ2v) is 6.41. The first-order chi connectivity index (χ1) is 9.31. The fraction of sp³-hybridized carbons (Fsp3) is 0.600. The zero-order valence-corrected chi connectivity index (χ0v) is 12.8. The quantitative estimate of drug-likeness (QED) is 0.850. The third-order valence-corrected chi connectivity index (χ3v) is 4.58. The topological polar surface area (TPSA) is 15.7 Å². The van der Waals surface area contributed by atoms with Gasteiger partial charge in [0.1, 0.15) is 0 Å². The Balaban J connectivity index is 1.51. The van der Waals surface area contributed by atoms with Crippen LogP contribution in [-0.2, 0) is 4.74 Å². The van der Waals surface area contributed by atoms with Crippen molar-refractivity contribution in [3.63, 3.8) is 0 Å². The first kappa shape index (κ1) is 13.4. The van der Waals surface area contributed by atoms with E-state index in [9.17, 15) is 0 Å². The van der Waals surface area contributed by atoms with Gasteiger partial charge in [0.05, 0.1) is 6.61 Å². The molecule has 0 amide bonds. The van der Waals surface area contributed by atoms with E-state index in [1.165, 1.54) is 31.7 Å². The molecule has 1 aromatic carbocycles. The van der Waals surface area contributed by atoms with Crippen LogP contribution in [-0.4, -0.2) is 50.8 Å². The van der Waals surface area contributed by atoms with Crippen molar-refractivity contribution < 1.29 is 4.74 Å². The van der Waals surface area contributed by atoms with E-state index in [2.05, 4.69) is 50.0 Å². The Kier molecular flexibility index (Phi) is 4.41. The maximum absolute atomic E-state index is 5.46. The molecule has 0 spiro atoms. The minimum Gasteiger partial charge on any atom is -0.381 e. The van der Waals surface area contributed by atoms with Crippen molar-refractivity contribution in [2.24, 2.45) is 5.92 Å². The molecule has 3 rings (SSSR count). The molecule has 1 unspecified atom stereocenters. The summed E-state index contributed by atoms with van der Waals surface area (Å²) in [4.78, 5) is 5.07. The summed E-state index contributed by atoms with van der Waals surface area (Å²) < 4.78 is 6.62. The Morgan fingerprint density at radius 2 is 2.05 bits per heavy atom. The summed E-state index contributed by atoms with van der Waals surface area (Å²) in [5.74, 6) is 0.761. The number of hydrogen-bond acceptors (Lipinski definition) is 3. The lowest BCUT2D eigenvalue weighted by atomic mass is 10.1. The monoisotopic (exact) mass is 324 g/mol. The normalized spacial score (nSPS) is 24.9. The molecule has 0 aliphatic carbocycles. The third-order valence-electron chi connectivity index (χ3n) is 4.09. The largest absolute Gasteiger partial charge is 0.381 e. The molecule has 1 aromatic rings. The minimum absolute atomic E-state index is 0.761. The van der Waals surface area contributed by atoms with Crippen LogP contribution in [0.5, 0.6) is 0 Å². The van der Waals surface area contributed by atoms with Crippen molar-refractivity contribution in [2.75, 3.05) is 50.8 Å². The number of anilines is 1. The lowest BCUT2D eigenvalue weighted by Crippen LogP contribution is -2.47. The molecule has 0 N–H and O–H groups in total. The fourth-order valence-electron chi connectivity index (χ4n) is 2.95. The van der Waals surface area contributed by atoms with E-state index in [-0.39, 0.29) is 0 Å². The van der Waals surface area contributed by atoms with Crippen molar-refractivity contribution in [3.05, 3.63) is 28.7 Å².